The summed E-state index contributed by atoms with van der Waals surface area (Å²) in [5.74, 6) is -2.72. The van der Waals surface area contributed by atoms with Crippen molar-refractivity contribution in [2.75, 3.05) is 11.1 Å². The fourth-order valence-corrected chi connectivity index (χ4v) is 6.49. The maximum absolute atomic E-state index is 13.5. The second kappa shape index (κ2) is 10.8. The van der Waals surface area contributed by atoms with Crippen molar-refractivity contribution in [1.29, 1.82) is 0 Å². The van der Waals surface area contributed by atoms with E-state index in [1.54, 1.807) is 42.6 Å². The lowest BCUT2D eigenvalue weighted by Crippen LogP contribution is -2.36. The smallest absolute Gasteiger partial charge is 0.278 e. The SMILES string of the molecule is C[C@@H]1C[C@@H](C(=O)NCc2cc3cnc(N)cc3s2)n2c1ncc(NC(=O)c1ccc(C3=CCC(F)(F)CC3)cc1)c2=O. The van der Waals surface area contributed by atoms with Crippen LogP contribution in [0.15, 0.2) is 59.7 Å². The van der Waals surface area contributed by atoms with Gasteiger partial charge in [-0.15, -0.1) is 11.3 Å². The molecular weight excluding hydrogens is 562 g/mol. The average molecular weight is 591 g/mol. The molecule has 42 heavy (non-hydrogen) atoms. The molecule has 0 spiro atoms. The number of nitrogen functional groups attached to an aromatic ring is 1. The van der Waals surface area contributed by atoms with Crippen LogP contribution in [0.1, 0.15) is 71.2 Å². The number of anilines is 2. The number of amides is 2. The second-order valence-corrected chi connectivity index (χ2v) is 11.9. The Morgan fingerprint density at radius 2 is 1.95 bits per heavy atom. The van der Waals surface area contributed by atoms with Gasteiger partial charge in [-0.05, 0) is 48.2 Å². The van der Waals surface area contributed by atoms with Crippen molar-refractivity contribution in [1.82, 2.24) is 19.9 Å². The van der Waals surface area contributed by atoms with Crippen molar-refractivity contribution in [3.63, 3.8) is 0 Å². The Morgan fingerprint density at radius 3 is 2.69 bits per heavy atom. The fourth-order valence-electron chi connectivity index (χ4n) is 5.47. The van der Waals surface area contributed by atoms with Crippen molar-refractivity contribution >= 4 is 50.3 Å². The van der Waals surface area contributed by atoms with Gasteiger partial charge in [-0.25, -0.2) is 18.7 Å². The number of thiophene rings is 1. The summed E-state index contributed by atoms with van der Waals surface area (Å²) >= 11 is 1.50. The predicted octanol–water partition coefficient (Wildman–Crippen LogP) is 5.25. The number of halogens is 2. The number of benzene rings is 1. The maximum atomic E-state index is 13.5. The van der Waals surface area contributed by atoms with Crippen molar-refractivity contribution < 1.29 is 18.4 Å². The molecule has 2 atom stereocenters. The highest BCUT2D eigenvalue weighted by Crippen LogP contribution is 2.36. The molecule has 4 N–H and O–H groups in total. The highest BCUT2D eigenvalue weighted by atomic mass is 32.1. The summed E-state index contributed by atoms with van der Waals surface area (Å²) in [5.41, 5.74) is 7.12. The molecule has 1 aliphatic carbocycles. The maximum Gasteiger partial charge on any atom is 0.278 e. The molecule has 2 aliphatic rings. The normalized spacial score (nSPS) is 19.3. The summed E-state index contributed by atoms with van der Waals surface area (Å²) in [7, 11) is 0. The molecule has 216 valence electrons. The first-order valence-electron chi connectivity index (χ1n) is 13.6. The van der Waals surface area contributed by atoms with E-state index in [1.807, 2.05) is 13.0 Å². The summed E-state index contributed by atoms with van der Waals surface area (Å²) in [5, 5.41) is 6.48. The molecule has 0 unspecified atom stereocenters. The first-order valence-corrected chi connectivity index (χ1v) is 14.4. The number of fused-ring (bicyclic) bond motifs is 2. The van der Waals surface area contributed by atoms with Crippen LogP contribution in [0.4, 0.5) is 20.3 Å². The van der Waals surface area contributed by atoms with Gasteiger partial charge in [0.2, 0.25) is 5.91 Å². The van der Waals surface area contributed by atoms with E-state index in [1.165, 1.54) is 22.1 Å². The number of aromatic nitrogens is 3. The Bertz CT molecular complexity index is 1800. The summed E-state index contributed by atoms with van der Waals surface area (Å²) < 4.78 is 29.3. The quantitative estimate of drug-likeness (QED) is 0.281. The van der Waals surface area contributed by atoms with Crippen molar-refractivity contribution in [3.8, 4) is 0 Å². The number of nitrogens with one attached hydrogen (secondary N) is 2. The molecule has 6 rings (SSSR count). The minimum absolute atomic E-state index is 0.0356. The lowest BCUT2D eigenvalue weighted by molar-refractivity contribution is -0.124. The van der Waals surface area contributed by atoms with Crippen LogP contribution in [-0.4, -0.2) is 32.3 Å². The molecule has 0 bridgehead atoms. The molecule has 4 aromatic rings. The third-order valence-electron chi connectivity index (χ3n) is 7.74. The molecule has 12 heteroatoms. The molecule has 1 aromatic carbocycles. The van der Waals surface area contributed by atoms with Gasteiger partial charge in [-0.3, -0.25) is 19.0 Å². The average Bonchev–Trinajstić information content (AvgIpc) is 3.53. The zero-order chi connectivity index (χ0) is 29.6. The number of hydrogen-bond donors (Lipinski definition) is 3. The molecule has 3 aromatic heterocycles. The van der Waals surface area contributed by atoms with Gasteiger partial charge in [0.15, 0.2) is 0 Å². The van der Waals surface area contributed by atoms with Crippen LogP contribution in [0, 0.1) is 0 Å². The van der Waals surface area contributed by atoms with Crippen LogP contribution >= 0.6 is 11.3 Å². The first kappa shape index (κ1) is 27.7. The molecule has 1 aliphatic heterocycles. The van der Waals surface area contributed by atoms with Crippen LogP contribution in [0.5, 0.6) is 0 Å². The van der Waals surface area contributed by atoms with E-state index in [-0.39, 0.29) is 43.3 Å². The third-order valence-corrected chi connectivity index (χ3v) is 8.84. The largest absolute Gasteiger partial charge is 0.384 e. The van der Waals surface area contributed by atoms with Crippen molar-refractivity contribution in [2.45, 2.75) is 57.0 Å². The molecule has 4 heterocycles. The number of nitrogens with zero attached hydrogens (tertiary/aromatic N) is 3. The summed E-state index contributed by atoms with van der Waals surface area (Å²) in [6, 6.07) is 9.56. The zero-order valence-electron chi connectivity index (χ0n) is 22.7. The Kier molecular flexibility index (Phi) is 7.09. The molecule has 0 saturated heterocycles. The Labute approximate surface area is 243 Å². The molecular formula is C30H28F2N6O3S. The van der Waals surface area contributed by atoms with E-state index in [4.69, 9.17) is 5.73 Å². The number of nitrogens with two attached hydrogens (primary N) is 1. The first-order chi connectivity index (χ1) is 20.1. The highest BCUT2D eigenvalue weighted by molar-refractivity contribution is 7.19. The van der Waals surface area contributed by atoms with Crippen LogP contribution in [0.2, 0.25) is 0 Å². The zero-order valence-corrected chi connectivity index (χ0v) is 23.5. The Morgan fingerprint density at radius 1 is 1.17 bits per heavy atom. The second-order valence-electron chi connectivity index (χ2n) is 10.8. The third kappa shape index (κ3) is 5.41. The van der Waals surface area contributed by atoms with Crippen LogP contribution < -0.4 is 21.9 Å². The minimum atomic E-state index is -2.68. The van der Waals surface area contributed by atoms with Gasteiger partial charge in [0.25, 0.3) is 17.4 Å². The van der Waals surface area contributed by atoms with Gasteiger partial charge >= 0.3 is 0 Å². The summed E-state index contributed by atoms with van der Waals surface area (Å²) in [6.45, 7) is 2.18. The topological polar surface area (TPSA) is 132 Å². The molecule has 9 nitrogen and oxygen atoms in total. The van der Waals surface area contributed by atoms with E-state index in [0.717, 1.165) is 26.1 Å². The predicted molar refractivity (Wildman–Crippen MR) is 158 cm³/mol. The lowest BCUT2D eigenvalue weighted by atomic mass is 9.91. The van der Waals surface area contributed by atoms with Gasteiger partial charge in [0.05, 0.1) is 12.7 Å². The standard InChI is InChI=1S/C30H28F2N6O3S/c1-16-10-23(28(40)36-14-21-11-20-13-34-25(33)12-24(20)42-21)38-26(16)35-15-22(29(38)41)37-27(39)19-4-2-17(3-5-19)18-6-8-30(31,32)9-7-18/h2-6,11-13,15-16,23H,7-10,14H2,1H3,(H2,33,34)(H,36,40)(H,37,39)/t16-,23+/m1/s1. The highest BCUT2D eigenvalue weighted by Gasteiger charge is 2.36. The summed E-state index contributed by atoms with van der Waals surface area (Å²) in [6.07, 6.45) is 4.72. The number of carbonyl (C=O) groups excluding carboxylic acids is 2. The molecule has 0 saturated carbocycles. The monoisotopic (exact) mass is 590 g/mol. The van der Waals surface area contributed by atoms with E-state index in [0.29, 0.717) is 23.6 Å². The van der Waals surface area contributed by atoms with Gasteiger partial charge in [-0.2, -0.15) is 0 Å². The van der Waals surface area contributed by atoms with Gasteiger partial charge < -0.3 is 16.4 Å². The number of carbonyl (C=O) groups is 2. The molecule has 2 amide bonds. The number of hydrogen-bond acceptors (Lipinski definition) is 7. The van der Waals surface area contributed by atoms with Gasteiger partial charge in [-0.1, -0.05) is 25.1 Å². The Hall–Kier alpha value is -4.45. The Balaban J connectivity index is 1.16. The lowest BCUT2D eigenvalue weighted by Gasteiger charge is -2.21. The van der Waals surface area contributed by atoms with Crippen LogP contribution in [0.3, 0.4) is 0 Å². The minimum Gasteiger partial charge on any atom is -0.384 e. The van der Waals surface area contributed by atoms with E-state index in [9.17, 15) is 23.2 Å². The summed E-state index contributed by atoms with van der Waals surface area (Å²) in [4.78, 5) is 49.1. The van der Waals surface area contributed by atoms with E-state index in [2.05, 4.69) is 20.6 Å². The van der Waals surface area contributed by atoms with E-state index < -0.39 is 23.4 Å². The van der Waals surface area contributed by atoms with Crippen molar-refractivity contribution in [3.05, 3.63) is 87.1 Å². The van der Waals surface area contributed by atoms with Crippen LogP contribution in [-0.2, 0) is 11.3 Å². The number of rotatable bonds is 6. The van der Waals surface area contributed by atoms with Crippen LogP contribution in [0.25, 0.3) is 15.7 Å². The molecule has 0 radical (unpaired) electrons. The van der Waals surface area contributed by atoms with Crippen molar-refractivity contribution in [2.24, 2.45) is 0 Å². The number of allylic oxidation sites excluding steroid dienone is 2. The molecule has 0 fully saturated rings. The number of alkyl halides is 2. The van der Waals surface area contributed by atoms with Gasteiger partial charge in [0.1, 0.15) is 23.4 Å². The van der Waals surface area contributed by atoms with E-state index >= 15 is 0 Å². The fraction of sp³-hybridized carbons (Fsp3) is 0.300. The number of pyridine rings is 1. The van der Waals surface area contributed by atoms with Gasteiger partial charge in [0, 0.05) is 45.5 Å².